The summed E-state index contributed by atoms with van der Waals surface area (Å²) < 4.78 is 41.6. The maximum atomic E-state index is 14.2. The summed E-state index contributed by atoms with van der Waals surface area (Å²) in [6.07, 6.45) is 0. The Bertz CT molecular complexity index is 1160. The van der Waals surface area contributed by atoms with E-state index < -0.39 is 21.7 Å². The molecule has 1 amide bonds. The number of rotatable bonds is 5. The van der Waals surface area contributed by atoms with Crippen molar-refractivity contribution in [3.05, 3.63) is 58.6 Å². The molecule has 0 aliphatic carbocycles. The number of nitrogens with one attached hydrogen (secondary N) is 2. The smallest absolute Gasteiger partial charge is 0.257 e. The molecule has 12 heteroatoms. The van der Waals surface area contributed by atoms with E-state index in [1.165, 1.54) is 36.0 Å². The third-order valence-electron chi connectivity index (χ3n) is 3.83. The first-order chi connectivity index (χ1) is 13.2. The first-order valence-electron chi connectivity index (χ1n) is 7.82. The summed E-state index contributed by atoms with van der Waals surface area (Å²) in [6, 6.07) is 7.58. The lowest BCUT2D eigenvalue weighted by molar-refractivity contribution is 0.102. The molecule has 0 atom stereocenters. The summed E-state index contributed by atoms with van der Waals surface area (Å²) in [5.74, 6) is -1.00. The highest BCUT2D eigenvalue weighted by atomic mass is 35.5. The van der Waals surface area contributed by atoms with Crippen LogP contribution >= 0.6 is 11.6 Å². The van der Waals surface area contributed by atoms with Crippen LogP contribution in [0.5, 0.6) is 0 Å². The largest absolute Gasteiger partial charge is 0.319 e. The van der Waals surface area contributed by atoms with Crippen LogP contribution in [0, 0.1) is 12.7 Å². The van der Waals surface area contributed by atoms with E-state index >= 15 is 0 Å². The highest BCUT2D eigenvalue weighted by molar-refractivity contribution is 7.89. The van der Waals surface area contributed by atoms with E-state index in [4.69, 9.17) is 11.6 Å². The molecule has 1 heterocycles. The van der Waals surface area contributed by atoms with Crippen molar-refractivity contribution in [1.82, 2.24) is 24.9 Å². The molecule has 0 fully saturated rings. The van der Waals surface area contributed by atoms with Crippen LogP contribution in [0.4, 0.5) is 10.1 Å². The lowest BCUT2D eigenvalue weighted by Gasteiger charge is -2.11. The van der Waals surface area contributed by atoms with Crippen molar-refractivity contribution in [1.29, 1.82) is 0 Å². The van der Waals surface area contributed by atoms with Crippen molar-refractivity contribution >= 4 is 33.2 Å². The minimum Gasteiger partial charge on any atom is -0.319 e. The van der Waals surface area contributed by atoms with Gasteiger partial charge in [-0.05, 0) is 60.8 Å². The Morgan fingerprint density at radius 1 is 1.21 bits per heavy atom. The van der Waals surface area contributed by atoms with E-state index in [9.17, 15) is 17.6 Å². The fraction of sp³-hybridized carbons (Fsp3) is 0.125. The number of carbonyl (C=O) groups is 1. The number of aryl methyl sites for hydroxylation is 1. The molecule has 0 spiro atoms. The topological polar surface area (TPSA) is 119 Å². The van der Waals surface area contributed by atoms with E-state index in [1.54, 1.807) is 6.92 Å². The van der Waals surface area contributed by atoms with Crippen LogP contribution in [0.2, 0.25) is 5.02 Å². The van der Waals surface area contributed by atoms with Gasteiger partial charge in [0.25, 0.3) is 5.91 Å². The lowest BCUT2D eigenvalue weighted by Crippen LogP contribution is -2.20. The zero-order chi connectivity index (χ0) is 20.5. The van der Waals surface area contributed by atoms with Gasteiger partial charge >= 0.3 is 0 Å². The molecule has 3 rings (SSSR count). The molecule has 2 aromatic carbocycles. The molecule has 0 radical (unpaired) electrons. The van der Waals surface area contributed by atoms with Crippen LogP contribution in [0.1, 0.15) is 16.2 Å². The number of hydrogen-bond acceptors (Lipinski definition) is 6. The van der Waals surface area contributed by atoms with Gasteiger partial charge < -0.3 is 5.32 Å². The Kier molecular flexibility index (Phi) is 5.40. The number of tetrazole rings is 1. The fourth-order valence-corrected chi connectivity index (χ4v) is 3.32. The zero-order valence-corrected chi connectivity index (χ0v) is 16.2. The molecule has 2 N–H and O–H groups in total. The molecule has 1 aromatic heterocycles. The number of hydrogen-bond donors (Lipinski definition) is 2. The van der Waals surface area contributed by atoms with Gasteiger partial charge in [-0.15, -0.1) is 5.10 Å². The number of sulfonamides is 1. The van der Waals surface area contributed by atoms with Gasteiger partial charge in [0.2, 0.25) is 10.0 Å². The van der Waals surface area contributed by atoms with Gasteiger partial charge in [-0.2, -0.15) is 4.68 Å². The van der Waals surface area contributed by atoms with Gasteiger partial charge in [0.05, 0.1) is 26.9 Å². The van der Waals surface area contributed by atoms with Crippen LogP contribution in [0.3, 0.4) is 0 Å². The molecule has 9 nitrogen and oxygen atoms in total. The van der Waals surface area contributed by atoms with Gasteiger partial charge in [0.15, 0.2) is 5.82 Å². The molecular weight excluding hydrogens is 411 g/mol. The second-order valence-electron chi connectivity index (χ2n) is 5.61. The van der Waals surface area contributed by atoms with Crippen molar-refractivity contribution < 1.29 is 17.6 Å². The first-order valence-corrected chi connectivity index (χ1v) is 9.68. The zero-order valence-electron chi connectivity index (χ0n) is 14.6. The number of halogens is 2. The van der Waals surface area contributed by atoms with E-state index in [1.807, 2.05) is 0 Å². The number of aromatic nitrogens is 4. The van der Waals surface area contributed by atoms with Crippen molar-refractivity contribution in [2.45, 2.75) is 11.8 Å². The summed E-state index contributed by atoms with van der Waals surface area (Å²) in [7, 11) is -2.54. The summed E-state index contributed by atoms with van der Waals surface area (Å²) in [5, 5.41) is 13.4. The molecular formula is C16H14ClFN6O3S. The van der Waals surface area contributed by atoms with Crippen LogP contribution in [0.25, 0.3) is 5.69 Å². The van der Waals surface area contributed by atoms with Gasteiger partial charge in [0.1, 0.15) is 5.82 Å². The predicted octanol–water partition coefficient (Wildman–Crippen LogP) is 1.92. The van der Waals surface area contributed by atoms with E-state index in [-0.39, 0.29) is 21.2 Å². The van der Waals surface area contributed by atoms with Gasteiger partial charge in [-0.3, -0.25) is 4.79 Å². The van der Waals surface area contributed by atoms with Crippen LogP contribution in [-0.2, 0) is 10.0 Å². The number of amides is 1. The summed E-state index contributed by atoms with van der Waals surface area (Å²) in [5.41, 5.74) is 0.161. The van der Waals surface area contributed by atoms with Crippen molar-refractivity contribution in [2.75, 3.05) is 12.4 Å². The van der Waals surface area contributed by atoms with Gasteiger partial charge in [0, 0.05) is 0 Å². The average molecular weight is 425 g/mol. The monoisotopic (exact) mass is 424 g/mol. The van der Waals surface area contributed by atoms with Crippen molar-refractivity contribution in [3.8, 4) is 5.69 Å². The average Bonchev–Trinajstić information content (AvgIpc) is 3.09. The molecule has 28 heavy (non-hydrogen) atoms. The Hall–Kier alpha value is -2.89. The summed E-state index contributed by atoms with van der Waals surface area (Å²) in [6.45, 7) is 1.66. The maximum Gasteiger partial charge on any atom is 0.257 e. The Labute approximate surface area is 164 Å². The second-order valence-corrected chi connectivity index (χ2v) is 7.90. The highest BCUT2D eigenvalue weighted by Crippen LogP contribution is 2.24. The number of nitrogens with zero attached hydrogens (tertiary/aromatic N) is 4. The Morgan fingerprint density at radius 3 is 2.61 bits per heavy atom. The van der Waals surface area contributed by atoms with Crippen LogP contribution in [0.15, 0.2) is 41.3 Å². The fourth-order valence-electron chi connectivity index (χ4n) is 2.36. The predicted molar refractivity (Wildman–Crippen MR) is 99.5 cm³/mol. The molecule has 0 aliphatic rings. The molecule has 146 valence electrons. The molecule has 0 aliphatic heterocycles. The third kappa shape index (κ3) is 3.86. The van der Waals surface area contributed by atoms with Crippen LogP contribution < -0.4 is 10.0 Å². The van der Waals surface area contributed by atoms with Gasteiger partial charge in [-0.1, -0.05) is 11.6 Å². The minimum atomic E-state index is -3.78. The third-order valence-corrected chi connectivity index (χ3v) is 5.57. The van der Waals surface area contributed by atoms with E-state index in [2.05, 4.69) is 25.6 Å². The highest BCUT2D eigenvalue weighted by Gasteiger charge is 2.19. The summed E-state index contributed by atoms with van der Waals surface area (Å²) >= 11 is 6.02. The molecule has 0 bridgehead atoms. The molecule has 0 saturated carbocycles. The standard InChI is InChI=1S/C16H14ClFN6O3S/c1-9-21-22-23-24(9)10-3-6-14(18)15(7-10)20-16(25)12-8-11(4-5-13(12)17)28(26,27)19-2/h3-8,19H,1-2H3,(H,20,25). The number of anilines is 1. The number of carbonyl (C=O) groups excluding carboxylic acids is 1. The lowest BCUT2D eigenvalue weighted by atomic mass is 10.2. The maximum absolute atomic E-state index is 14.2. The first kappa shape index (κ1) is 19.9. The minimum absolute atomic E-state index is 0.0143. The Morgan fingerprint density at radius 2 is 1.96 bits per heavy atom. The number of benzene rings is 2. The van der Waals surface area contributed by atoms with Crippen molar-refractivity contribution in [2.24, 2.45) is 0 Å². The molecule has 0 unspecified atom stereocenters. The van der Waals surface area contributed by atoms with Crippen molar-refractivity contribution in [3.63, 3.8) is 0 Å². The Balaban J connectivity index is 1.96. The second kappa shape index (κ2) is 7.62. The van der Waals surface area contributed by atoms with E-state index in [0.717, 1.165) is 12.1 Å². The quantitative estimate of drug-likeness (QED) is 0.645. The SMILES string of the molecule is CNS(=O)(=O)c1ccc(Cl)c(C(=O)Nc2cc(-n3nnnc3C)ccc2F)c1. The van der Waals surface area contributed by atoms with E-state index in [0.29, 0.717) is 11.5 Å². The van der Waals surface area contributed by atoms with Gasteiger partial charge in [-0.25, -0.2) is 17.5 Å². The summed E-state index contributed by atoms with van der Waals surface area (Å²) in [4.78, 5) is 12.4. The molecule has 0 saturated heterocycles. The normalized spacial score (nSPS) is 11.4. The molecule has 3 aromatic rings. The van der Waals surface area contributed by atoms with Crippen LogP contribution in [-0.4, -0.2) is 41.6 Å².